The van der Waals surface area contributed by atoms with Gasteiger partial charge in [-0.3, -0.25) is 14.8 Å². The lowest BCUT2D eigenvalue weighted by molar-refractivity contribution is -0.00684. The molecule has 1 aromatic rings. The van der Waals surface area contributed by atoms with Crippen LogP contribution in [-0.2, 0) is 11.3 Å². The van der Waals surface area contributed by atoms with Crippen LogP contribution < -0.4 is 20.1 Å². The van der Waals surface area contributed by atoms with Crippen LogP contribution in [0.5, 0.6) is 11.5 Å². The summed E-state index contributed by atoms with van der Waals surface area (Å²) in [5.41, 5.74) is 1.22. The Kier molecular flexibility index (Phi) is 11.5. The largest absolute Gasteiger partial charge is 0.497 e. The molecule has 1 atom stereocenters. The van der Waals surface area contributed by atoms with Gasteiger partial charge in [0.1, 0.15) is 11.5 Å². The molecule has 188 valence electrons. The number of ether oxygens (including phenoxy) is 3. The number of benzene rings is 1. The van der Waals surface area contributed by atoms with E-state index < -0.39 is 0 Å². The van der Waals surface area contributed by atoms with E-state index in [1.807, 2.05) is 6.07 Å². The molecule has 2 aliphatic heterocycles. The molecule has 0 radical (unpaired) electrons. The minimum Gasteiger partial charge on any atom is -0.497 e. The van der Waals surface area contributed by atoms with E-state index in [1.165, 1.54) is 5.56 Å². The third-order valence-corrected chi connectivity index (χ3v) is 6.27. The minimum absolute atomic E-state index is 0. The first-order chi connectivity index (χ1) is 15.4. The lowest BCUT2D eigenvalue weighted by Crippen LogP contribution is -2.52. The van der Waals surface area contributed by atoms with Gasteiger partial charge in [-0.1, -0.05) is 0 Å². The van der Waals surface area contributed by atoms with Crippen molar-refractivity contribution in [3.8, 4) is 11.5 Å². The maximum absolute atomic E-state index is 5.51. The van der Waals surface area contributed by atoms with Crippen molar-refractivity contribution in [1.82, 2.24) is 20.4 Å². The molecular formula is C24H42IN5O3. The van der Waals surface area contributed by atoms with E-state index in [-0.39, 0.29) is 29.5 Å². The fourth-order valence-electron chi connectivity index (χ4n) is 4.36. The zero-order chi connectivity index (χ0) is 23.0. The van der Waals surface area contributed by atoms with E-state index >= 15 is 0 Å². The quantitative estimate of drug-likeness (QED) is 0.267. The SMILES string of the molecule is CCNC(=NCC(C)(C)N1CCOCC1)NC1CCN(Cc2cc(OC)cc(OC)c2)C1.I. The van der Waals surface area contributed by atoms with E-state index in [9.17, 15) is 0 Å². The summed E-state index contributed by atoms with van der Waals surface area (Å²) in [5.74, 6) is 2.57. The van der Waals surface area contributed by atoms with E-state index in [0.29, 0.717) is 6.04 Å². The maximum atomic E-state index is 5.51. The van der Waals surface area contributed by atoms with Crippen molar-refractivity contribution >= 4 is 29.9 Å². The van der Waals surface area contributed by atoms with E-state index in [1.54, 1.807) is 14.2 Å². The van der Waals surface area contributed by atoms with Crippen LogP contribution in [0.25, 0.3) is 0 Å². The summed E-state index contributed by atoms with van der Waals surface area (Å²) in [6.45, 7) is 14.7. The van der Waals surface area contributed by atoms with Crippen molar-refractivity contribution in [2.45, 2.75) is 45.3 Å². The van der Waals surface area contributed by atoms with Gasteiger partial charge in [-0.2, -0.15) is 0 Å². The first-order valence-electron chi connectivity index (χ1n) is 11.8. The molecule has 1 unspecified atom stereocenters. The highest BCUT2D eigenvalue weighted by atomic mass is 127. The van der Waals surface area contributed by atoms with Gasteiger partial charge in [-0.25, -0.2) is 0 Å². The molecule has 2 N–H and O–H groups in total. The van der Waals surface area contributed by atoms with Gasteiger partial charge < -0.3 is 24.8 Å². The molecule has 0 bridgehead atoms. The van der Waals surface area contributed by atoms with Gasteiger partial charge in [0.2, 0.25) is 0 Å². The second-order valence-electron chi connectivity index (χ2n) is 9.19. The molecule has 0 amide bonds. The topological polar surface area (TPSA) is 70.6 Å². The fourth-order valence-corrected chi connectivity index (χ4v) is 4.36. The molecule has 0 spiro atoms. The number of nitrogens with one attached hydrogen (secondary N) is 2. The molecular weight excluding hydrogens is 533 g/mol. The number of rotatable bonds is 9. The van der Waals surface area contributed by atoms with Crippen LogP contribution in [0.15, 0.2) is 23.2 Å². The molecule has 1 aromatic carbocycles. The van der Waals surface area contributed by atoms with Crippen molar-refractivity contribution < 1.29 is 14.2 Å². The number of methoxy groups -OCH3 is 2. The Bertz CT molecular complexity index is 733. The predicted molar refractivity (Wildman–Crippen MR) is 144 cm³/mol. The summed E-state index contributed by atoms with van der Waals surface area (Å²) >= 11 is 0. The minimum atomic E-state index is 0. The van der Waals surface area contributed by atoms with Gasteiger partial charge >= 0.3 is 0 Å². The van der Waals surface area contributed by atoms with Crippen LogP contribution in [-0.4, -0.2) is 94.0 Å². The van der Waals surface area contributed by atoms with E-state index in [4.69, 9.17) is 19.2 Å². The second-order valence-corrected chi connectivity index (χ2v) is 9.19. The van der Waals surface area contributed by atoms with Crippen molar-refractivity contribution in [3.05, 3.63) is 23.8 Å². The smallest absolute Gasteiger partial charge is 0.191 e. The Labute approximate surface area is 216 Å². The fraction of sp³-hybridized carbons (Fsp3) is 0.708. The Morgan fingerprint density at radius 3 is 2.39 bits per heavy atom. The van der Waals surface area contributed by atoms with Gasteiger partial charge in [-0.15, -0.1) is 24.0 Å². The first kappa shape index (κ1) is 27.9. The molecule has 0 aliphatic carbocycles. The average molecular weight is 576 g/mol. The lowest BCUT2D eigenvalue weighted by Gasteiger charge is -2.40. The Hall–Kier alpha value is -1.30. The normalized spacial score (nSPS) is 20.3. The van der Waals surface area contributed by atoms with Crippen molar-refractivity contribution in [2.75, 3.05) is 66.7 Å². The Morgan fingerprint density at radius 2 is 1.79 bits per heavy atom. The van der Waals surface area contributed by atoms with Gasteiger partial charge in [0, 0.05) is 56.9 Å². The summed E-state index contributed by atoms with van der Waals surface area (Å²) in [6, 6.07) is 6.47. The van der Waals surface area contributed by atoms with Crippen LogP contribution in [0, 0.1) is 0 Å². The highest BCUT2D eigenvalue weighted by molar-refractivity contribution is 14.0. The standard InChI is InChI=1S/C24H41N5O3.HI/c1-6-25-23(26-18-24(2,3)29-9-11-32-12-10-29)27-20-7-8-28(17-20)16-19-13-21(30-4)15-22(14-19)31-5;/h13-15,20H,6-12,16-18H2,1-5H3,(H2,25,26,27);1H. The average Bonchev–Trinajstić information content (AvgIpc) is 3.24. The molecule has 8 nitrogen and oxygen atoms in total. The second kappa shape index (κ2) is 13.6. The summed E-state index contributed by atoms with van der Waals surface area (Å²) in [7, 11) is 3.38. The molecule has 33 heavy (non-hydrogen) atoms. The summed E-state index contributed by atoms with van der Waals surface area (Å²) < 4.78 is 16.3. The van der Waals surface area contributed by atoms with Gasteiger partial charge in [0.25, 0.3) is 0 Å². The molecule has 2 heterocycles. The third-order valence-electron chi connectivity index (χ3n) is 6.27. The molecule has 0 aromatic heterocycles. The van der Waals surface area contributed by atoms with Crippen LogP contribution in [0.4, 0.5) is 0 Å². The van der Waals surface area contributed by atoms with E-state index in [2.05, 4.69) is 53.3 Å². The lowest BCUT2D eigenvalue weighted by atomic mass is 10.0. The van der Waals surface area contributed by atoms with Crippen LogP contribution in [0.1, 0.15) is 32.8 Å². The summed E-state index contributed by atoms with van der Waals surface area (Å²) in [6.07, 6.45) is 1.10. The van der Waals surface area contributed by atoms with Crippen molar-refractivity contribution in [3.63, 3.8) is 0 Å². The van der Waals surface area contributed by atoms with Gasteiger partial charge in [-0.05, 0) is 44.9 Å². The van der Waals surface area contributed by atoms with E-state index in [0.717, 1.165) is 82.9 Å². The van der Waals surface area contributed by atoms with Crippen molar-refractivity contribution in [1.29, 1.82) is 0 Å². The van der Waals surface area contributed by atoms with Gasteiger partial charge in [0.15, 0.2) is 5.96 Å². The summed E-state index contributed by atoms with van der Waals surface area (Å²) in [4.78, 5) is 9.88. The van der Waals surface area contributed by atoms with Crippen LogP contribution in [0.2, 0.25) is 0 Å². The number of halogens is 1. The number of likely N-dealkylation sites (tertiary alicyclic amines) is 1. The number of nitrogens with zero attached hydrogens (tertiary/aromatic N) is 3. The molecule has 2 saturated heterocycles. The monoisotopic (exact) mass is 575 g/mol. The zero-order valence-electron chi connectivity index (χ0n) is 20.9. The van der Waals surface area contributed by atoms with Crippen LogP contribution >= 0.6 is 24.0 Å². The number of guanidine groups is 1. The van der Waals surface area contributed by atoms with Gasteiger partial charge in [0.05, 0.1) is 34.0 Å². The highest BCUT2D eigenvalue weighted by Crippen LogP contribution is 2.24. The number of hydrogen-bond donors (Lipinski definition) is 2. The maximum Gasteiger partial charge on any atom is 0.191 e. The molecule has 3 rings (SSSR count). The molecule has 2 aliphatic rings. The number of morpholine rings is 1. The molecule has 0 saturated carbocycles. The van der Waals surface area contributed by atoms with Crippen LogP contribution in [0.3, 0.4) is 0 Å². The third kappa shape index (κ3) is 8.45. The molecule has 2 fully saturated rings. The first-order valence-corrected chi connectivity index (χ1v) is 11.8. The highest BCUT2D eigenvalue weighted by Gasteiger charge is 2.29. The van der Waals surface area contributed by atoms with Crippen molar-refractivity contribution in [2.24, 2.45) is 4.99 Å². The predicted octanol–water partition coefficient (Wildman–Crippen LogP) is 2.56. The zero-order valence-corrected chi connectivity index (χ0v) is 23.2. The summed E-state index contributed by atoms with van der Waals surface area (Å²) in [5, 5.41) is 7.08. The molecule has 9 heteroatoms. The Balaban J connectivity index is 0.00000385. The number of hydrogen-bond acceptors (Lipinski definition) is 6. The Morgan fingerprint density at radius 1 is 1.12 bits per heavy atom. The number of aliphatic imine (C=N–C) groups is 1.